The van der Waals surface area contributed by atoms with Crippen LogP contribution in [-0.4, -0.2) is 95.8 Å². The number of fused-ring (bicyclic) bond motifs is 1. The molecule has 13 nitrogen and oxygen atoms in total. The number of anilines is 2. The number of aryl methyl sites for hydroxylation is 1. The van der Waals surface area contributed by atoms with Gasteiger partial charge in [0.15, 0.2) is 5.03 Å². The summed E-state index contributed by atoms with van der Waals surface area (Å²) in [5.41, 5.74) is 1.23. The maximum atomic E-state index is 14.3. The molecule has 0 saturated carbocycles. The first-order valence-electron chi connectivity index (χ1n) is 15.8. The number of aromatic nitrogens is 2. The van der Waals surface area contributed by atoms with E-state index in [1.54, 1.807) is 53.8 Å². The number of carbonyl (C=O) groups excluding carboxylic acids is 2. The van der Waals surface area contributed by atoms with E-state index in [1.165, 1.54) is 23.9 Å². The van der Waals surface area contributed by atoms with Gasteiger partial charge in [-0.15, -0.1) is 0 Å². The number of nitrogens with one attached hydrogen (secondary N) is 2. The molecule has 0 radical (unpaired) electrons. The Kier molecular flexibility index (Phi) is 12.4. The second-order valence-corrected chi connectivity index (χ2v) is 14.1. The van der Waals surface area contributed by atoms with E-state index < -0.39 is 34.1 Å². The number of para-hydroxylation sites is 1. The van der Waals surface area contributed by atoms with Crippen molar-refractivity contribution in [2.75, 3.05) is 44.0 Å². The van der Waals surface area contributed by atoms with E-state index in [0.29, 0.717) is 30.2 Å². The molecule has 3 amide bonds. The van der Waals surface area contributed by atoms with Gasteiger partial charge < -0.3 is 34.7 Å². The molecule has 2 heterocycles. The van der Waals surface area contributed by atoms with Crippen LogP contribution in [0.2, 0.25) is 0 Å². The smallest absolute Gasteiger partial charge is 0.323 e. The lowest BCUT2D eigenvalue weighted by Crippen LogP contribution is -2.48. The minimum atomic E-state index is -3.88. The predicted octanol–water partition coefficient (Wildman–Crippen LogP) is 4.18. The van der Waals surface area contributed by atoms with Gasteiger partial charge in [-0.3, -0.25) is 4.79 Å². The van der Waals surface area contributed by atoms with E-state index in [4.69, 9.17) is 9.47 Å². The van der Waals surface area contributed by atoms with Gasteiger partial charge in [0.1, 0.15) is 5.75 Å². The molecule has 0 bridgehead atoms. The van der Waals surface area contributed by atoms with Crippen molar-refractivity contribution in [1.29, 1.82) is 0 Å². The summed E-state index contributed by atoms with van der Waals surface area (Å²) < 4.78 is 41.9. The van der Waals surface area contributed by atoms with E-state index in [2.05, 4.69) is 15.6 Å². The molecule has 0 spiro atoms. The van der Waals surface area contributed by atoms with Crippen molar-refractivity contribution in [3.8, 4) is 5.75 Å². The third kappa shape index (κ3) is 9.53. The van der Waals surface area contributed by atoms with Crippen molar-refractivity contribution >= 4 is 33.3 Å². The second-order valence-electron chi connectivity index (χ2n) is 12.1. The maximum Gasteiger partial charge on any atom is 0.323 e. The number of sulfonamides is 1. The third-order valence-electron chi connectivity index (χ3n) is 8.13. The van der Waals surface area contributed by atoms with Gasteiger partial charge in [0.05, 0.1) is 36.7 Å². The first-order chi connectivity index (χ1) is 22.4. The number of amides is 3. The number of urea groups is 1. The van der Waals surface area contributed by atoms with E-state index >= 15 is 0 Å². The molecule has 0 unspecified atom stereocenters. The van der Waals surface area contributed by atoms with Crippen LogP contribution in [0.4, 0.5) is 16.2 Å². The van der Waals surface area contributed by atoms with Crippen LogP contribution in [0, 0.1) is 5.92 Å². The van der Waals surface area contributed by atoms with Gasteiger partial charge in [-0.2, -0.15) is 4.31 Å². The Morgan fingerprint density at radius 3 is 2.53 bits per heavy atom. The summed E-state index contributed by atoms with van der Waals surface area (Å²) >= 11 is 0. The van der Waals surface area contributed by atoms with Gasteiger partial charge >= 0.3 is 6.03 Å². The number of nitrogens with zero attached hydrogens (tertiary/aromatic N) is 4. The first-order valence-corrected chi connectivity index (χ1v) is 17.2. The lowest BCUT2D eigenvalue weighted by atomic mass is 10.0. The van der Waals surface area contributed by atoms with Crippen LogP contribution in [0.1, 0.15) is 50.4 Å². The van der Waals surface area contributed by atoms with Gasteiger partial charge in [-0.05, 0) is 63.4 Å². The summed E-state index contributed by atoms with van der Waals surface area (Å²) in [5, 5.41) is 15.7. The molecule has 14 heteroatoms. The third-order valence-corrected chi connectivity index (χ3v) is 9.84. The Morgan fingerprint density at radius 2 is 1.85 bits per heavy atom. The number of rotatable bonds is 8. The van der Waals surface area contributed by atoms with Gasteiger partial charge in [0.25, 0.3) is 15.9 Å². The van der Waals surface area contributed by atoms with Crippen LogP contribution in [0.3, 0.4) is 0 Å². The highest BCUT2D eigenvalue weighted by molar-refractivity contribution is 7.89. The average molecular weight is 671 g/mol. The topological polar surface area (TPSA) is 155 Å². The Morgan fingerprint density at radius 1 is 1.13 bits per heavy atom. The standard InChI is InChI=1S/C33H46N6O7S/c1-23-18-39(24(2)21-40)32(41)28-17-27(36-33(42)35-26-12-7-6-8-13-26)14-15-29(28)46-25(3)11-9-10-16-45-30(23)19-38(5)47(43,44)31-20-37(4)22-34-31/h6-8,12-15,17,20,22-25,30,40H,9-11,16,18-19,21H2,1-5H3,(H2,35,36,42)/t23-,24+,25+,30+/m0/s1. The van der Waals surface area contributed by atoms with Crippen molar-refractivity contribution in [3.05, 3.63) is 66.6 Å². The number of ether oxygens (including phenoxy) is 2. The van der Waals surface area contributed by atoms with Crippen molar-refractivity contribution in [1.82, 2.24) is 18.8 Å². The minimum Gasteiger partial charge on any atom is -0.490 e. The van der Waals surface area contributed by atoms with Crippen LogP contribution in [0.15, 0.2) is 66.1 Å². The molecule has 1 aliphatic rings. The number of carbonyl (C=O) groups is 2. The summed E-state index contributed by atoms with van der Waals surface area (Å²) in [7, 11) is -0.696. The van der Waals surface area contributed by atoms with E-state index in [9.17, 15) is 23.1 Å². The number of imidazole rings is 1. The quantitative estimate of drug-likeness (QED) is 0.323. The molecular formula is C33H46N6O7S. The molecule has 2 aromatic carbocycles. The molecule has 4 rings (SSSR count). The number of benzene rings is 2. The summed E-state index contributed by atoms with van der Waals surface area (Å²) in [6, 6.07) is 12.9. The van der Waals surface area contributed by atoms with Crippen molar-refractivity contribution in [2.24, 2.45) is 13.0 Å². The fraction of sp³-hybridized carbons (Fsp3) is 0.485. The maximum absolute atomic E-state index is 14.3. The Labute approximate surface area is 276 Å². The molecule has 0 aliphatic carbocycles. The van der Waals surface area contributed by atoms with Crippen LogP contribution < -0.4 is 15.4 Å². The van der Waals surface area contributed by atoms with E-state index in [0.717, 1.165) is 12.8 Å². The average Bonchev–Trinajstić information content (AvgIpc) is 3.49. The molecule has 256 valence electrons. The normalized spacial score (nSPS) is 20.5. The Bertz CT molecular complexity index is 1600. The Hall–Kier alpha value is -3.98. The predicted molar refractivity (Wildman–Crippen MR) is 179 cm³/mol. The summed E-state index contributed by atoms with van der Waals surface area (Å²) in [4.78, 5) is 32.6. The van der Waals surface area contributed by atoms with Gasteiger partial charge in [0, 0.05) is 57.3 Å². The van der Waals surface area contributed by atoms with E-state index in [-0.39, 0.29) is 42.3 Å². The number of likely N-dealkylation sites (N-methyl/N-ethyl adjacent to an activating group) is 1. The van der Waals surface area contributed by atoms with Crippen LogP contribution in [-0.2, 0) is 21.8 Å². The largest absolute Gasteiger partial charge is 0.490 e. The van der Waals surface area contributed by atoms with Crippen LogP contribution >= 0.6 is 0 Å². The zero-order chi connectivity index (χ0) is 34.1. The van der Waals surface area contributed by atoms with E-state index in [1.807, 2.05) is 32.0 Å². The highest BCUT2D eigenvalue weighted by Crippen LogP contribution is 2.29. The first kappa shape index (κ1) is 35.9. The zero-order valence-electron chi connectivity index (χ0n) is 27.6. The van der Waals surface area contributed by atoms with Crippen molar-refractivity contribution < 1.29 is 32.6 Å². The van der Waals surface area contributed by atoms with Gasteiger partial charge in [0.2, 0.25) is 0 Å². The lowest BCUT2D eigenvalue weighted by molar-refractivity contribution is -0.00835. The number of aliphatic hydroxyl groups is 1. The highest BCUT2D eigenvalue weighted by atomic mass is 32.2. The fourth-order valence-electron chi connectivity index (χ4n) is 5.31. The number of hydrogen-bond donors (Lipinski definition) is 3. The van der Waals surface area contributed by atoms with Gasteiger partial charge in [-0.25, -0.2) is 18.2 Å². The molecule has 1 aliphatic heterocycles. The Balaban J connectivity index is 1.62. The van der Waals surface area contributed by atoms with Crippen molar-refractivity contribution in [3.63, 3.8) is 0 Å². The molecule has 3 aromatic rings. The number of aliphatic hydroxyl groups excluding tert-OH is 1. The summed E-state index contributed by atoms with van der Waals surface area (Å²) in [6.07, 6.45) is 4.31. The SMILES string of the molecule is C[C@@H]1CCCCO[C@H](CN(C)S(=O)(=O)c2cn(C)cn2)[C@@H](C)CN([C@H](C)CO)C(=O)c2cc(NC(=O)Nc3ccccc3)ccc2O1. The summed E-state index contributed by atoms with van der Waals surface area (Å²) in [6.45, 7) is 5.85. The molecule has 47 heavy (non-hydrogen) atoms. The van der Waals surface area contributed by atoms with Crippen LogP contribution in [0.5, 0.6) is 5.75 Å². The summed E-state index contributed by atoms with van der Waals surface area (Å²) in [5.74, 6) is -0.373. The zero-order valence-corrected chi connectivity index (χ0v) is 28.4. The van der Waals surface area contributed by atoms with Gasteiger partial charge in [-0.1, -0.05) is 25.1 Å². The molecule has 0 fully saturated rings. The minimum absolute atomic E-state index is 0.0380. The highest BCUT2D eigenvalue weighted by Gasteiger charge is 2.33. The molecule has 1 aromatic heterocycles. The monoisotopic (exact) mass is 670 g/mol. The number of hydrogen-bond acceptors (Lipinski definition) is 8. The fourth-order valence-corrected chi connectivity index (χ4v) is 6.45. The van der Waals surface area contributed by atoms with Crippen molar-refractivity contribution in [2.45, 2.75) is 63.3 Å². The van der Waals surface area contributed by atoms with Crippen LogP contribution in [0.25, 0.3) is 0 Å². The molecule has 0 saturated heterocycles. The molecule has 3 N–H and O–H groups in total. The molecule has 4 atom stereocenters. The molecular weight excluding hydrogens is 624 g/mol. The second kappa shape index (κ2) is 16.2. The lowest BCUT2D eigenvalue weighted by Gasteiger charge is -2.35.